The van der Waals surface area contributed by atoms with Crippen molar-refractivity contribution >= 4 is 24.0 Å². The molecule has 5 heteroatoms. The molecule has 0 atom stereocenters. The normalized spacial score (nSPS) is 16.1. The molecule has 0 aliphatic carbocycles. The smallest absolute Gasteiger partial charge is 0.253 e. The highest BCUT2D eigenvalue weighted by Gasteiger charge is 2.23. The molecule has 1 fully saturated rings. The quantitative estimate of drug-likeness (QED) is 0.869. The van der Waals surface area contributed by atoms with E-state index in [9.17, 15) is 4.79 Å². The highest BCUT2D eigenvalue weighted by molar-refractivity contribution is 5.94. The number of rotatable bonds is 3. The molecule has 1 heterocycles. The van der Waals surface area contributed by atoms with Gasteiger partial charge in [-0.3, -0.25) is 4.79 Å². The molecule has 1 amide bonds. The molecule has 112 valence electrons. The summed E-state index contributed by atoms with van der Waals surface area (Å²) in [6.07, 6.45) is 2.19. The van der Waals surface area contributed by atoms with Crippen LogP contribution in [0.15, 0.2) is 24.3 Å². The predicted molar refractivity (Wildman–Crippen MR) is 85.3 cm³/mol. The molecule has 1 aliphatic rings. The number of amides is 1. The summed E-state index contributed by atoms with van der Waals surface area (Å²) in [7, 11) is 4.21. The molecular formula is C15H24ClN3O. The fourth-order valence-corrected chi connectivity index (χ4v) is 2.64. The number of piperidine rings is 1. The van der Waals surface area contributed by atoms with E-state index in [-0.39, 0.29) is 18.3 Å². The van der Waals surface area contributed by atoms with Crippen molar-refractivity contribution < 1.29 is 4.79 Å². The van der Waals surface area contributed by atoms with Gasteiger partial charge in [0, 0.05) is 30.9 Å². The van der Waals surface area contributed by atoms with Crippen LogP contribution in [-0.4, -0.2) is 49.4 Å². The number of nitrogens with two attached hydrogens (primary N) is 1. The fraction of sp³-hybridized carbons (Fsp3) is 0.533. The monoisotopic (exact) mass is 297 g/mol. The van der Waals surface area contributed by atoms with E-state index in [1.54, 1.807) is 12.1 Å². The summed E-state index contributed by atoms with van der Waals surface area (Å²) in [5.41, 5.74) is 7.07. The van der Waals surface area contributed by atoms with Crippen molar-refractivity contribution in [1.82, 2.24) is 9.80 Å². The first-order chi connectivity index (χ1) is 9.06. The number of hydrogen-bond acceptors (Lipinski definition) is 3. The van der Waals surface area contributed by atoms with E-state index in [1.807, 2.05) is 17.0 Å². The van der Waals surface area contributed by atoms with Gasteiger partial charge in [-0.2, -0.15) is 0 Å². The molecule has 4 nitrogen and oxygen atoms in total. The maximum absolute atomic E-state index is 12.3. The number of anilines is 1. The minimum absolute atomic E-state index is 0. The van der Waals surface area contributed by atoms with E-state index in [1.165, 1.54) is 0 Å². The maximum atomic E-state index is 12.3. The Labute approximate surface area is 127 Å². The summed E-state index contributed by atoms with van der Waals surface area (Å²) < 4.78 is 0. The molecule has 1 aromatic rings. The van der Waals surface area contributed by atoms with E-state index in [0.29, 0.717) is 11.6 Å². The van der Waals surface area contributed by atoms with Gasteiger partial charge < -0.3 is 15.5 Å². The molecule has 20 heavy (non-hydrogen) atoms. The fourth-order valence-electron chi connectivity index (χ4n) is 2.64. The van der Waals surface area contributed by atoms with Crippen LogP contribution in [0.3, 0.4) is 0 Å². The van der Waals surface area contributed by atoms with Crippen molar-refractivity contribution in [1.29, 1.82) is 0 Å². The van der Waals surface area contributed by atoms with Gasteiger partial charge in [-0.25, -0.2) is 0 Å². The summed E-state index contributed by atoms with van der Waals surface area (Å²) in [6, 6.07) is 7.19. The molecule has 0 spiro atoms. The largest absolute Gasteiger partial charge is 0.399 e. The average Bonchev–Trinajstić information content (AvgIpc) is 2.39. The number of hydrogen-bond donors (Lipinski definition) is 1. The van der Waals surface area contributed by atoms with Crippen LogP contribution >= 0.6 is 12.4 Å². The second-order valence-electron chi connectivity index (χ2n) is 5.62. The summed E-state index contributed by atoms with van der Waals surface area (Å²) in [4.78, 5) is 16.5. The Balaban J connectivity index is 0.00000200. The van der Waals surface area contributed by atoms with E-state index < -0.39 is 0 Å². The third-order valence-electron chi connectivity index (χ3n) is 3.68. The molecule has 2 N–H and O–H groups in total. The summed E-state index contributed by atoms with van der Waals surface area (Å²) in [6.45, 7) is 2.84. The highest BCUT2D eigenvalue weighted by Crippen LogP contribution is 2.19. The van der Waals surface area contributed by atoms with Gasteiger partial charge in [0.1, 0.15) is 0 Å². The Hall–Kier alpha value is -1.26. The predicted octanol–water partition coefficient (Wildman–Crippen LogP) is 2.10. The molecule has 0 saturated carbocycles. The van der Waals surface area contributed by atoms with Crippen LogP contribution in [0.25, 0.3) is 0 Å². The zero-order valence-corrected chi connectivity index (χ0v) is 13.0. The second-order valence-corrected chi connectivity index (χ2v) is 5.62. The Kier molecular flexibility index (Phi) is 6.30. The molecule has 0 bridgehead atoms. The van der Waals surface area contributed by atoms with Gasteiger partial charge >= 0.3 is 0 Å². The lowest BCUT2D eigenvalue weighted by Crippen LogP contribution is -2.40. The molecular weight excluding hydrogens is 274 g/mol. The first kappa shape index (κ1) is 16.8. The summed E-state index contributed by atoms with van der Waals surface area (Å²) in [5, 5.41) is 0. The number of nitrogens with zero attached hydrogens (tertiary/aromatic N) is 2. The number of carbonyl (C=O) groups is 1. The molecule has 0 unspecified atom stereocenters. The Morgan fingerprint density at radius 1 is 1.25 bits per heavy atom. The van der Waals surface area contributed by atoms with Gasteiger partial charge in [0.25, 0.3) is 5.91 Å². The minimum Gasteiger partial charge on any atom is -0.399 e. The van der Waals surface area contributed by atoms with Crippen molar-refractivity contribution in [2.75, 3.05) is 39.5 Å². The number of nitrogen functional groups attached to an aromatic ring is 1. The van der Waals surface area contributed by atoms with Crippen LogP contribution in [0.2, 0.25) is 0 Å². The lowest BCUT2D eigenvalue weighted by Gasteiger charge is -2.33. The molecule has 1 aromatic carbocycles. The maximum Gasteiger partial charge on any atom is 0.253 e. The number of benzene rings is 1. The Morgan fingerprint density at radius 3 is 2.30 bits per heavy atom. The van der Waals surface area contributed by atoms with Crippen molar-refractivity contribution in [2.24, 2.45) is 5.92 Å². The van der Waals surface area contributed by atoms with Crippen molar-refractivity contribution in [2.45, 2.75) is 12.8 Å². The SMILES string of the molecule is CN(C)CC1CCN(C(=O)c2ccc(N)cc2)CC1.Cl. The first-order valence-electron chi connectivity index (χ1n) is 6.86. The van der Waals surface area contributed by atoms with Gasteiger partial charge in [0.05, 0.1) is 0 Å². The van der Waals surface area contributed by atoms with E-state index in [0.717, 1.165) is 38.0 Å². The highest BCUT2D eigenvalue weighted by atomic mass is 35.5. The lowest BCUT2D eigenvalue weighted by atomic mass is 9.96. The van der Waals surface area contributed by atoms with E-state index in [4.69, 9.17) is 5.73 Å². The van der Waals surface area contributed by atoms with Crippen molar-refractivity contribution in [3.63, 3.8) is 0 Å². The van der Waals surface area contributed by atoms with Crippen LogP contribution in [0.1, 0.15) is 23.2 Å². The van der Waals surface area contributed by atoms with Crippen LogP contribution in [0.5, 0.6) is 0 Å². The van der Waals surface area contributed by atoms with Gasteiger partial charge in [-0.05, 0) is 57.1 Å². The first-order valence-corrected chi connectivity index (χ1v) is 6.86. The van der Waals surface area contributed by atoms with Crippen LogP contribution < -0.4 is 5.73 Å². The van der Waals surface area contributed by atoms with Gasteiger partial charge in [0.15, 0.2) is 0 Å². The second kappa shape index (κ2) is 7.50. The lowest BCUT2D eigenvalue weighted by molar-refractivity contribution is 0.0678. The number of halogens is 1. The zero-order chi connectivity index (χ0) is 13.8. The van der Waals surface area contributed by atoms with Crippen molar-refractivity contribution in [3.05, 3.63) is 29.8 Å². The minimum atomic E-state index is 0. The van der Waals surface area contributed by atoms with Gasteiger partial charge in [-0.15, -0.1) is 12.4 Å². The number of carbonyl (C=O) groups excluding carboxylic acids is 1. The third-order valence-corrected chi connectivity index (χ3v) is 3.68. The molecule has 0 radical (unpaired) electrons. The zero-order valence-electron chi connectivity index (χ0n) is 12.2. The van der Waals surface area contributed by atoms with E-state index in [2.05, 4.69) is 19.0 Å². The van der Waals surface area contributed by atoms with Gasteiger partial charge in [-0.1, -0.05) is 0 Å². The molecule has 1 saturated heterocycles. The van der Waals surface area contributed by atoms with Gasteiger partial charge in [0.2, 0.25) is 0 Å². The van der Waals surface area contributed by atoms with Crippen molar-refractivity contribution in [3.8, 4) is 0 Å². The summed E-state index contributed by atoms with van der Waals surface area (Å²) in [5.74, 6) is 0.841. The standard InChI is InChI=1S/C15H23N3O.ClH/c1-17(2)11-12-7-9-18(10-8-12)15(19)13-3-5-14(16)6-4-13;/h3-6,12H,7-11,16H2,1-2H3;1H. The summed E-state index contributed by atoms with van der Waals surface area (Å²) >= 11 is 0. The van der Waals surface area contributed by atoms with E-state index >= 15 is 0 Å². The van der Waals surface area contributed by atoms with Crippen LogP contribution in [0, 0.1) is 5.92 Å². The van der Waals surface area contributed by atoms with Crippen LogP contribution in [0.4, 0.5) is 5.69 Å². The van der Waals surface area contributed by atoms with Crippen LogP contribution in [-0.2, 0) is 0 Å². The topological polar surface area (TPSA) is 49.6 Å². The number of likely N-dealkylation sites (tertiary alicyclic amines) is 1. The Bertz CT molecular complexity index is 425. The molecule has 2 rings (SSSR count). The average molecular weight is 298 g/mol. The molecule has 1 aliphatic heterocycles. The molecule has 0 aromatic heterocycles. The third kappa shape index (κ3) is 4.39. The Morgan fingerprint density at radius 2 is 1.80 bits per heavy atom.